The predicted molar refractivity (Wildman–Crippen MR) is 117 cm³/mol. The molecule has 0 saturated carbocycles. The maximum atomic E-state index is 13.2. The average molecular weight is 431 g/mol. The monoisotopic (exact) mass is 431 g/mol. The number of piperidine rings is 1. The Bertz CT molecular complexity index is 1080. The SMILES string of the molecule is O=C(OCC1c2ccccc2-c2ccccc21)N1C2COCC1CC(O)(c1ccoc1)C2. The molecule has 0 spiro atoms. The third-order valence-corrected chi connectivity index (χ3v) is 7.16. The molecule has 6 nitrogen and oxygen atoms in total. The highest BCUT2D eigenvalue weighted by Crippen LogP contribution is 2.45. The summed E-state index contributed by atoms with van der Waals surface area (Å²) in [5.74, 6) is 0.0232. The molecule has 164 valence electrons. The van der Waals surface area contributed by atoms with Gasteiger partial charge in [0, 0.05) is 24.3 Å². The summed E-state index contributed by atoms with van der Waals surface area (Å²) in [6.45, 7) is 1.07. The highest BCUT2D eigenvalue weighted by molar-refractivity contribution is 5.79. The van der Waals surface area contributed by atoms with Crippen LogP contribution < -0.4 is 0 Å². The number of rotatable bonds is 3. The fourth-order valence-electron chi connectivity index (χ4n) is 5.71. The Morgan fingerprint density at radius 3 is 2.22 bits per heavy atom. The molecule has 1 aliphatic carbocycles. The lowest BCUT2D eigenvalue weighted by Crippen LogP contribution is -2.62. The van der Waals surface area contributed by atoms with Gasteiger partial charge in [-0.15, -0.1) is 0 Å². The summed E-state index contributed by atoms with van der Waals surface area (Å²) < 4.78 is 16.8. The van der Waals surface area contributed by atoms with E-state index in [9.17, 15) is 9.90 Å². The minimum atomic E-state index is -1.02. The van der Waals surface area contributed by atoms with Crippen LogP contribution in [0.5, 0.6) is 0 Å². The normalized spacial score (nSPS) is 26.5. The summed E-state index contributed by atoms with van der Waals surface area (Å²) in [6, 6.07) is 17.9. The predicted octanol–water partition coefficient (Wildman–Crippen LogP) is 4.28. The van der Waals surface area contributed by atoms with Gasteiger partial charge in [-0.1, -0.05) is 48.5 Å². The van der Waals surface area contributed by atoms with E-state index in [0.29, 0.717) is 26.1 Å². The van der Waals surface area contributed by atoms with Crippen molar-refractivity contribution in [2.75, 3.05) is 19.8 Å². The van der Waals surface area contributed by atoms with E-state index in [4.69, 9.17) is 13.9 Å². The molecule has 1 aromatic heterocycles. The van der Waals surface area contributed by atoms with Crippen molar-refractivity contribution in [3.05, 3.63) is 83.8 Å². The van der Waals surface area contributed by atoms with E-state index in [1.54, 1.807) is 23.5 Å². The number of carbonyl (C=O) groups is 1. The molecule has 2 aromatic carbocycles. The molecule has 2 saturated heterocycles. The van der Waals surface area contributed by atoms with E-state index in [1.165, 1.54) is 22.3 Å². The number of hydrogen-bond acceptors (Lipinski definition) is 5. The maximum absolute atomic E-state index is 13.2. The van der Waals surface area contributed by atoms with Crippen LogP contribution in [-0.4, -0.2) is 48.0 Å². The van der Waals surface area contributed by atoms with Gasteiger partial charge >= 0.3 is 6.09 Å². The molecular weight excluding hydrogens is 406 g/mol. The van der Waals surface area contributed by atoms with Crippen LogP contribution in [-0.2, 0) is 15.1 Å². The molecule has 32 heavy (non-hydrogen) atoms. The van der Waals surface area contributed by atoms with Crippen molar-refractivity contribution in [1.29, 1.82) is 0 Å². The molecule has 2 atom stereocenters. The van der Waals surface area contributed by atoms with E-state index >= 15 is 0 Å². The van der Waals surface area contributed by atoms with Crippen LogP contribution >= 0.6 is 0 Å². The molecule has 3 heterocycles. The zero-order valence-corrected chi connectivity index (χ0v) is 17.6. The first kappa shape index (κ1) is 19.6. The lowest BCUT2D eigenvalue weighted by Gasteiger charge is -2.50. The Morgan fingerprint density at radius 1 is 1.00 bits per heavy atom. The van der Waals surface area contributed by atoms with Crippen molar-refractivity contribution in [2.45, 2.75) is 36.4 Å². The minimum absolute atomic E-state index is 0.0232. The van der Waals surface area contributed by atoms with Crippen molar-refractivity contribution >= 4 is 6.09 Å². The van der Waals surface area contributed by atoms with Crippen LogP contribution in [0.1, 0.15) is 35.4 Å². The van der Waals surface area contributed by atoms with Crippen LogP contribution in [0.25, 0.3) is 11.1 Å². The number of amides is 1. The summed E-state index contributed by atoms with van der Waals surface area (Å²) in [5, 5.41) is 11.3. The highest BCUT2D eigenvalue weighted by Gasteiger charge is 2.50. The molecule has 6 rings (SSSR count). The van der Waals surface area contributed by atoms with Gasteiger partial charge in [0.1, 0.15) is 6.61 Å². The Labute approximate surface area is 186 Å². The van der Waals surface area contributed by atoms with Crippen LogP contribution in [0.3, 0.4) is 0 Å². The number of furan rings is 1. The van der Waals surface area contributed by atoms with Crippen molar-refractivity contribution in [3.63, 3.8) is 0 Å². The number of benzene rings is 2. The van der Waals surface area contributed by atoms with Gasteiger partial charge in [-0.05, 0) is 28.3 Å². The second kappa shape index (κ2) is 7.50. The number of nitrogens with zero attached hydrogens (tertiary/aromatic N) is 1. The number of carbonyl (C=O) groups excluding carboxylic acids is 1. The molecule has 6 heteroatoms. The molecule has 3 aliphatic rings. The molecule has 2 fully saturated rings. The summed E-state index contributed by atoms with van der Waals surface area (Å²) in [6.07, 6.45) is 3.61. The summed E-state index contributed by atoms with van der Waals surface area (Å²) in [4.78, 5) is 15.0. The first-order valence-corrected chi connectivity index (χ1v) is 11.1. The van der Waals surface area contributed by atoms with Gasteiger partial charge in [0.05, 0.1) is 43.4 Å². The molecule has 2 aliphatic heterocycles. The van der Waals surface area contributed by atoms with Gasteiger partial charge in [-0.3, -0.25) is 4.90 Å². The Hall–Kier alpha value is -3.09. The molecule has 2 unspecified atom stereocenters. The van der Waals surface area contributed by atoms with Gasteiger partial charge in [0.2, 0.25) is 0 Å². The maximum Gasteiger partial charge on any atom is 0.410 e. The highest BCUT2D eigenvalue weighted by atomic mass is 16.6. The Morgan fingerprint density at radius 2 is 1.62 bits per heavy atom. The van der Waals surface area contributed by atoms with Crippen molar-refractivity contribution in [2.24, 2.45) is 0 Å². The second-order valence-corrected chi connectivity index (χ2v) is 9.01. The van der Waals surface area contributed by atoms with E-state index in [0.717, 1.165) is 5.56 Å². The first-order chi connectivity index (χ1) is 15.6. The van der Waals surface area contributed by atoms with Gasteiger partial charge in [-0.25, -0.2) is 4.79 Å². The lowest BCUT2D eigenvalue weighted by atomic mass is 9.78. The third-order valence-electron chi connectivity index (χ3n) is 7.16. The second-order valence-electron chi connectivity index (χ2n) is 9.01. The van der Waals surface area contributed by atoms with Crippen LogP contribution in [0.15, 0.2) is 71.5 Å². The first-order valence-electron chi connectivity index (χ1n) is 11.1. The molecule has 2 bridgehead atoms. The Kier molecular flexibility index (Phi) is 4.59. The summed E-state index contributed by atoms with van der Waals surface area (Å²) >= 11 is 0. The number of aliphatic hydroxyl groups is 1. The third kappa shape index (κ3) is 3.05. The largest absolute Gasteiger partial charge is 0.472 e. The van der Waals surface area contributed by atoms with Crippen molar-refractivity contribution in [3.8, 4) is 11.1 Å². The fraction of sp³-hybridized carbons (Fsp3) is 0.346. The molecule has 1 N–H and O–H groups in total. The van der Waals surface area contributed by atoms with Gasteiger partial charge in [0.15, 0.2) is 0 Å². The summed E-state index contributed by atoms with van der Waals surface area (Å²) in [5.41, 5.74) is 4.53. The minimum Gasteiger partial charge on any atom is -0.472 e. The standard InChI is InChI=1S/C26H25NO5/c28-25(27-18-11-26(29,17-9-10-30-13-17)12-19(27)15-31-14-18)32-16-24-22-7-3-1-5-20(22)21-6-2-4-8-23(21)24/h1-10,13,18-19,24,29H,11-12,14-16H2. The topological polar surface area (TPSA) is 72.1 Å². The van der Waals surface area contributed by atoms with E-state index < -0.39 is 5.60 Å². The lowest BCUT2D eigenvalue weighted by molar-refractivity contribution is -0.136. The number of fused-ring (bicyclic) bond motifs is 5. The zero-order valence-electron chi connectivity index (χ0n) is 17.6. The van der Waals surface area contributed by atoms with E-state index in [-0.39, 0.29) is 30.7 Å². The summed E-state index contributed by atoms with van der Waals surface area (Å²) in [7, 11) is 0. The molecule has 1 amide bonds. The number of ether oxygens (including phenoxy) is 2. The number of morpholine rings is 1. The van der Waals surface area contributed by atoms with Crippen molar-refractivity contribution < 1.29 is 23.8 Å². The van der Waals surface area contributed by atoms with Gasteiger partial charge < -0.3 is 19.0 Å². The van der Waals surface area contributed by atoms with Crippen LogP contribution in [0, 0.1) is 0 Å². The van der Waals surface area contributed by atoms with Gasteiger partial charge in [0.25, 0.3) is 0 Å². The Balaban J connectivity index is 1.21. The fourth-order valence-corrected chi connectivity index (χ4v) is 5.71. The quantitative estimate of drug-likeness (QED) is 0.670. The van der Waals surface area contributed by atoms with Crippen LogP contribution in [0.2, 0.25) is 0 Å². The average Bonchev–Trinajstić information content (AvgIpc) is 3.45. The van der Waals surface area contributed by atoms with Gasteiger partial charge in [-0.2, -0.15) is 0 Å². The molecule has 0 radical (unpaired) electrons. The van der Waals surface area contributed by atoms with E-state index in [2.05, 4.69) is 24.3 Å². The smallest absolute Gasteiger partial charge is 0.410 e. The van der Waals surface area contributed by atoms with Crippen LogP contribution in [0.4, 0.5) is 4.79 Å². The van der Waals surface area contributed by atoms with Crippen molar-refractivity contribution in [1.82, 2.24) is 4.90 Å². The van der Waals surface area contributed by atoms with E-state index in [1.807, 2.05) is 24.3 Å². The molecule has 3 aromatic rings. The number of hydrogen-bond donors (Lipinski definition) is 1. The molecular formula is C26H25NO5. The zero-order chi connectivity index (χ0) is 21.7.